The van der Waals surface area contributed by atoms with Crippen LogP contribution in [0.3, 0.4) is 0 Å². The highest BCUT2D eigenvalue weighted by Gasteiger charge is 2.23. The number of para-hydroxylation sites is 1. The summed E-state index contributed by atoms with van der Waals surface area (Å²) in [5.41, 5.74) is 2.73. The SMILES string of the molecule is COc1ccc(F)cc1CC(=O)N1CCCc2ccccc21. The van der Waals surface area contributed by atoms with Crippen LogP contribution in [0.15, 0.2) is 42.5 Å². The number of fused-ring (bicyclic) bond motifs is 1. The van der Waals surface area contributed by atoms with Crippen LogP contribution >= 0.6 is 0 Å². The van der Waals surface area contributed by atoms with Gasteiger partial charge in [-0.25, -0.2) is 4.39 Å². The number of aryl methyl sites for hydroxylation is 1. The lowest BCUT2D eigenvalue weighted by atomic mass is 10.0. The van der Waals surface area contributed by atoms with Gasteiger partial charge in [-0.1, -0.05) is 18.2 Å². The minimum Gasteiger partial charge on any atom is -0.496 e. The fraction of sp³-hybridized carbons (Fsp3) is 0.278. The summed E-state index contributed by atoms with van der Waals surface area (Å²) >= 11 is 0. The molecule has 1 heterocycles. The Balaban J connectivity index is 1.86. The Bertz CT molecular complexity index is 699. The highest BCUT2D eigenvalue weighted by atomic mass is 19.1. The molecule has 0 fully saturated rings. The molecular formula is C18H18FNO2. The number of nitrogens with zero attached hydrogens (tertiary/aromatic N) is 1. The molecule has 2 aromatic carbocycles. The van der Waals surface area contributed by atoms with Crippen molar-refractivity contribution in [2.45, 2.75) is 19.3 Å². The quantitative estimate of drug-likeness (QED) is 0.870. The molecule has 4 heteroatoms. The molecule has 0 saturated heterocycles. The van der Waals surface area contributed by atoms with Gasteiger partial charge in [0.15, 0.2) is 0 Å². The van der Waals surface area contributed by atoms with Crippen LogP contribution in [0.25, 0.3) is 0 Å². The van der Waals surface area contributed by atoms with Crippen molar-refractivity contribution in [3.05, 3.63) is 59.4 Å². The van der Waals surface area contributed by atoms with E-state index in [0.717, 1.165) is 18.5 Å². The number of ether oxygens (including phenoxy) is 1. The predicted molar refractivity (Wildman–Crippen MR) is 83.8 cm³/mol. The molecule has 0 spiro atoms. The van der Waals surface area contributed by atoms with Gasteiger partial charge in [-0.2, -0.15) is 0 Å². The second kappa shape index (κ2) is 6.18. The summed E-state index contributed by atoms with van der Waals surface area (Å²) in [5, 5.41) is 0. The van der Waals surface area contributed by atoms with Gasteiger partial charge in [0.05, 0.1) is 13.5 Å². The zero-order chi connectivity index (χ0) is 15.5. The van der Waals surface area contributed by atoms with Crippen molar-refractivity contribution in [3.8, 4) is 5.75 Å². The van der Waals surface area contributed by atoms with E-state index in [0.29, 0.717) is 17.9 Å². The molecule has 0 aromatic heterocycles. The molecule has 3 rings (SSSR count). The van der Waals surface area contributed by atoms with Crippen LogP contribution in [-0.2, 0) is 17.6 Å². The zero-order valence-electron chi connectivity index (χ0n) is 12.5. The first kappa shape index (κ1) is 14.6. The minimum atomic E-state index is -0.359. The van der Waals surface area contributed by atoms with Gasteiger partial charge in [-0.3, -0.25) is 4.79 Å². The van der Waals surface area contributed by atoms with E-state index in [1.165, 1.54) is 24.8 Å². The Hall–Kier alpha value is -2.36. The van der Waals surface area contributed by atoms with Crippen LogP contribution in [0, 0.1) is 5.82 Å². The molecule has 0 radical (unpaired) electrons. The molecule has 0 saturated carbocycles. The average molecular weight is 299 g/mol. The van der Waals surface area contributed by atoms with E-state index in [-0.39, 0.29) is 18.1 Å². The van der Waals surface area contributed by atoms with E-state index >= 15 is 0 Å². The lowest BCUT2D eigenvalue weighted by Crippen LogP contribution is -2.36. The first-order valence-corrected chi connectivity index (χ1v) is 7.39. The maximum absolute atomic E-state index is 13.4. The number of amides is 1. The number of anilines is 1. The monoisotopic (exact) mass is 299 g/mol. The smallest absolute Gasteiger partial charge is 0.231 e. The molecule has 0 unspecified atom stereocenters. The van der Waals surface area contributed by atoms with Gasteiger partial charge >= 0.3 is 0 Å². The van der Waals surface area contributed by atoms with Crippen LogP contribution in [0.1, 0.15) is 17.5 Å². The molecule has 1 amide bonds. The maximum atomic E-state index is 13.4. The summed E-state index contributed by atoms with van der Waals surface area (Å²) in [6.45, 7) is 0.702. The fourth-order valence-electron chi connectivity index (χ4n) is 2.94. The van der Waals surface area contributed by atoms with Crippen molar-refractivity contribution in [1.29, 1.82) is 0 Å². The van der Waals surface area contributed by atoms with Gasteiger partial charge in [0, 0.05) is 17.8 Å². The summed E-state index contributed by atoms with van der Waals surface area (Å²) in [7, 11) is 1.53. The molecular weight excluding hydrogens is 281 g/mol. The Morgan fingerprint density at radius 1 is 1.27 bits per heavy atom. The maximum Gasteiger partial charge on any atom is 0.231 e. The first-order chi connectivity index (χ1) is 10.7. The minimum absolute atomic E-state index is 0.0314. The number of carbonyl (C=O) groups is 1. The van der Waals surface area contributed by atoms with E-state index in [9.17, 15) is 9.18 Å². The number of carbonyl (C=O) groups excluding carboxylic acids is 1. The van der Waals surface area contributed by atoms with E-state index in [2.05, 4.69) is 6.07 Å². The molecule has 0 N–H and O–H groups in total. The molecule has 3 nitrogen and oxygen atoms in total. The molecule has 114 valence electrons. The molecule has 0 bridgehead atoms. The summed E-state index contributed by atoms with van der Waals surface area (Å²) in [5.74, 6) is 0.152. The molecule has 22 heavy (non-hydrogen) atoms. The van der Waals surface area contributed by atoms with Crippen LogP contribution < -0.4 is 9.64 Å². The average Bonchev–Trinajstić information content (AvgIpc) is 2.54. The van der Waals surface area contributed by atoms with Crippen molar-refractivity contribution in [2.24, 2.45) is 0 Å². The topological polar surface area (TPSA) is 29.5 Å². The number of rotatable bonds is 3. The third-order valence-electron chi connectivity index (χ3n) is 4.00. The van der Waals surface area contributed by atoms with Crippen LogP contribution in [0.4, 0.5) is 10.1 Å². The Labute approximate surface area is 129 Å². The van der Waals surface area contributed by atoms with E-state index in [1.807, 2.05) is 18.2 Å². The highest BCUT2D eigenvalue weighted by Crippen LogP contribution is 2.28. The lowest BCUT2D eigenvalue weighted by Gasteiger charge is -2.29. The molecule has 2 aromatic rings. The summed E-state index contributed by atoms with van der Waals surface area (Å²) in [4.78, 5) is 14.5. The molecule has 0 atom stereocenters. The van der Waals surface area contributed by atoms with Crippen molar-refractivity contribution in [2.75, 3.05) is 18.6 Å². The van der Waals surface area contributed by atoms with Crippen molar-refractivity contribution in [3.63, 3.8) is 0 Å². The molecule has 0 aliphatic carbocycles. The Morgan fingerprint density at radius 3 is 2.91 bits per heavy atom. The first-order valence-electron chi connectivity index (χ1n) is 7.39. The summed E-state index contributed by atoms with van der Waals surface area (Å²) in [6.07, 6.45) is 2.07. The summed E-state index contributed by atoms with van der Waals surface area (Å²) < 4.78 is 18.7. The van der Waals surface area contributed by atoms with Crippen LogP contribution in [0.2, 0.25) is 0 Å². The van der Waals surface area contributed by atoms with E-state index < -0.39 is 0 Å². The largest absolute Gasteiger partial charge is 0.496 e. The van der Waals surface area contributed by atoms with E-state index in [1.54, 1.807) is 11.0 Å². The van der Waals surface area contributed by atoms with Gasteiger partial charge in [0.25, 0.3) is 0 Å². The zero-order valence-corrected chi connectivity index (χ0v) is 12.5. The van der Waals surface area contributed by atoms with E-state index in [4.69, 9.17) is 4.74 Å². The Kier molecular flexibility index (Phi) is 4.09. The van der Waals surface area contributed by atoms with Crippen LogP contribution in [0.5, 0.6) is 5.75 Å². The Morgan fingerprint density at radius 2 is 2.09 bits per heavy atom. The van der Waals surface area contributed by atoms with Gasteiger partial charge in [-0.05, 0) is 42.7 Å². The number of halogens is 1. The van der Waals surface area contributed by atoms with Gasteiger partial charge in [-0.15, -0.1) is 0 Å². The summed E-state index contributed by atoms with van der Waals surface area (Å²) in [6, 6.07) is 12.2. The third-order valence-corrected chi connectivity index (χ3v) is 4.00. The lowest BCUT2D eigenvalue weighted by molar-refractivity contribution is -0.118. The molecule has 1 aliphatic rings. The second-order valence-corrected chi connectivity index (χ2v) is 5.41. The van der Waals surface area contributed by atoms with Crippen molar-refractivity contribution < 1.29 is 13.9 Å². The number of hydrogen-bond donors (Lipinski definition) is 0. The highest BCUT2D eigenvalue weighted by molar-refractivity contribution is 5.96. The normalized spacial score (nSPS) is 13.6. The number of hydrogen-bond acceptors (Lipinski definition) is 2. The van der Waals surface area contributed by atoms with Gasteiger partial charge in [0.2, 0.25) is 5.91 Å². The third kappa shape index (κ3) is 2.82. The standard InChI is InChI=1S/C18H18FNO2/c1-22-17-9-8-15(19)11-14(17)12-18(21)20-10-4-6-13-5-2-3-7-16(13)20/h2-3,5,7-9,11H,4,6,10,12H2,1H3. The van der Waals surface area contributed by atoms with Crippen molar-refractivity contribution in [1.82, 2.24) is 0 Å². The number of methoxy groups -OCH3 is 1. The van der Waals surface area contributed by atoms with Gasteiger partial charge in [0.1, 0.15) is 11.6 Å². The number of benzene rings is 2. The van der Waals surface area contributed by atoms with Gasteiger partial charge < -0.3 is 9.64 Å². The predicted octanol–water partition coefficient (Wildman–Crippen LogP) is 3.36. The van der Waals surface area contributed by atoms with Crippen LogP contribution in [-0.4, -0.2) is 19.6 Å². The molecule has 1 aliphatic heterocycles. The second-order valence-electron chi connectivity index (χ2n) is 5.41. The fourth-order valence-corrected chi connectivity index (χ4v) is 2.94. The van der Waals surface area contributed by atoms with Crippen molar-refractivity contribution >= 4 is 11.6 Å².